The maximum absolute atomic E-state index is 5.31. The summed E-state index contributed by atoms with van der Waals surface area (Å²) in [6, 6.07) is 5.86. The molecule has 0 saturated carbocycles. The second kappa shape index (κ2) is 6.01. The number of methoxy groups -OCH3 is 1. The molecule has 0 aliphatic heterocycles. The van der Waals surface area contributed by atoms with Crippen LogP contribution < -0.4 is 10.5 Å². The van der Waals surface area contributed by atoms with Crippen LogP contribution in [0.1, 0.15) is 5.56 Å². The van der Waals surface area contributed by atoms with Gasteiger partial charge in [0.15, 0.2) is 0 Å². The van der Waals surface area contributed by atoms with Crippen molar-refractivity contribution in [3.63, 3.8) is 0 Å². The van der Waals surface area contributed by atoms with E-state index in [-0.39, 0.29) is 0 Å². The van der Waals surface area contributed by atoms with Crippen molar-refractivity contribution in [2.24, 2.45) is 5.73 Å². The summed E-state index contributed by atoms with van der Waals surface area (Å²) in [5.41, 5.74) is 6.42. The third-order valence-electron chi connectivity index (χ3n) is 1.75. The fraction of sp³-hybridized carbons (Fsp3) is 0.400. The van der Waals surface area contributed by atoms with Crippen LogP contribution in [0.3, 0.4) is 0 Å². The van der Waals surface area contributed by atoms with Gasteiger partial charge < -0.3 is 15.2 Å². The van der Waals surface area contributed by atoms with Crippen molar-refractivity contribution in [2.75, 3.05) is 20.3 Å². The highest BCUT2D eigenvalue weighted by Crippen LogP contribution is 2.25. The Morgan fingerprint density at radius 3 is 2.79 bits per heavy atom. The first kappa shape index (κ1) is 11.5. The number of hydrogen-bond acceptors (Lipinski definition) is 3. The predicted molar refractivity (Wildman–Crippen MR) is 59.4 cm³/mol. The number of benzene rings is 1. The quantitative estimate of drug-likeness (QED) is 0.823. The summed E-state index contributed by atoms with van der Waals surface area (Å²) in [6.45, 7) is 1.72. The Labute approximate surface area is 92.3 Å². The van der Waals surface area contributed by atoms with Crippen LogP contribution >= 0.6 is 15.9 Å². The lowest BCUT2D eigenvalue weighted by molar-refractivity contribution is 0.128. The zero-order valence-corrected chi connectivity index (χ0v) is 9.71. The minimum atomic E-state index is 0.553. The number of nitrogens with two attached hydrogens (primary N) is 1. The summed E-state index contributed by atoms with van der Waals surface area (Å²) < 4.78 is 11.4. The van der Waals surface area contributed by atoms with Crippen LogP contribution in [0.2, 0.25) is 0 Å². The van der Waals surface area contributed by atoms with Crippen molar-refractivity contribution in [1.82, 2.24) is 0 Å². The Kier molecular flexibility index (Phi) is 4.93. The van der Waals surface area contributed by atoms with E-state index in [1.54, 1.807) is 7.11 Å². The van der Waals surface area contributed by atoms with Gasteiger partial charge in [0, 0.05) is 6.54 Å². The second-order valence-electron chi connectivity index (χ2n) is 2.81. The topological polar surface area (TPSA) is 44.5 Å². The monoisotopic (exact) mass is 259 g/mol. The molecule has 1 rings (SSSR count). The first-order chi connectivity index (χ1) is 6.77. The van der Waals surface area contributed by atoms with Gasteiger partial charge in [-0.2, -0.15) is 0 Å². The molecule has 14 heavy (non-hydrogen) atoms. The molecule has 3 nitrogen and oxygen atoms in total. The Balaban J connectivity index is 2.57. The Hall–Kier alpha value is -0.580. The first-order valence-electron chi connectivity index (χ1n) is 4.38. The summed E-state index contributed by atoms with van der Waals surface area (Å²) in [5, 5.41) is 0. The number of hydrogen-bond donors (Lipinski definition) is 1. The highest BCUT2D eigenvalue weighted by molar-refractivity contribution is 9.10. The van der Waals surface area contributed by atoms with Gasteiger partial charge in [0.05, 0.1) is 24.8 Å². The largest absolute Gasteiger partial charge is 0.496 e. The summed E-state index contributed by atoms with van der Waals surface area (Å²) in [6.07, 6.45) is 0. The van der Waals surface area contributed by atoms with Crippen LogP contribution in [0.15, 0.2) is 22.7 Å². The smallest absolute Gasteiger partial charge is 0.133 e. The lowest BCUT2D eigenvalue weighted by Crippen LogP contribution is -2.08. The first-order valence-corrected chi connectivity index (χ1v) is 5.17. The maximum Gasteiger partial charge on any atom is 0.133 e. The highest BCUT2D eigenvalue weighted by Gasteiger charge is 2.00. The van der Waals surface area contributed by atoms with E-state index in [0.717, 1.165) is 15.8 Å². The fourth-order valence-corrected chi connectivity index (χ4v) is 1.66. The average Bonchev–Trinajstić information content (AvgIpc) is 2.18. The van der Waals surface area contributed by atoms with Gasteiger partial charge in [-0.05, 0) is 33.6 Å². The molecule has 0 aliphatic carbocycles. The molecule has 0 spiro atoms. The number of rotatable bonds is 5. The van der Waals surface area contributed by atoms with Gasteiger partial charge in [-0.25, -0.2) is 0 Å². The molecular formula is C10H14BrNO2. The molecule has 1 aromatic carbocycles. The third-order valence-corrected chi connectivity index (χ3v) is 2.37. The highest BCUT2D eigenvalue weighted by atomic mass is 79.9. The van der Waals surface area contributed by atoms with E-state index in [4.69, 9.17) is 15.2 Å². The molecule has 0 bridgehead atoms. The van der Waals surface area contributed by atoms with Crippen molar-refractivity contribution < 1.29 is 9.47 Å². The zero-order chi connectivity index (χ0) is 10.4. The summed E-state index contributed by atoms with van der Waals surface area (Å²) in [4.78, 5) is 0. The van der Waals surface area contributed by atoms with Gasteiger partial charge in [-0.1, -0.05) is 6.07 Å². The van der Waals surface area contributed by atoms with E-state index in [0.29, 0.717) is 19.8 Å². The van der Waals surface area contributed by atoms with Gasteiger partial charge in [-0.15, -0.1) is 0 Å². The molecule has 0 unspecified atom stereocenters. The molecule has 0 aromatic heterocycles. The minimum absolute atomic E-state index is 0.553. The fourth-order valence-electron chi connectivity index (χ4n) is 1.07. The van der Waals surface area contributed by atoms with Crippen LogP contribution in [0.4, 0.5) is 0 Å². The van der Waals surface area contributed by atoms with E-state index in [1.165, 1.54) is 0 Å². The number of ether oxygens (including phenoxy) is 2. The van der Waals surface area contributed by atoms with Gasteiger partial charge in [0.25, 0.3) is 0 Å². The van der Waals surface area contributed by atoms with Crippen LogP contribution in [0.25, 0.3) is 0 Å². The Bertz CT molecular complexity index is 291. The molecule has 0 heterocycles. The zero-order valence-electron chi connectivity index (χ0n) is 8.13. The normalized spacial score (nSPS) is 10.2. The lowest BCUT2D eigenvalue weighted by atomic mass is 10.2. The van der Waals surface area contributed by atoms with E-state index < -0.39 is 0 Å². The minimum Gasteiger partial charge on any atom is -0.496 e. The molecule has 0 aliphatic rings. The molecule has 1 aromatic rings. The molecule has 0 amide bonds. The average molecular weight is 260 g/mol. The van der Waals surface area contributed by atoms with Crippen LogP contribution in [0, 0.1) is 0 Å². The van der Waals surface area contributed by atoms with Crippen molar-refractivity contribution >= 4 is 15.9 Å². The SMILES string of the molecule is COc1ccc(COCCN)cc1Br. The van der Waals surface area contributed by atoms with Crippen molar-refractivity contribution in [3.05, 3.63) is 28.2 Å². The van der Waals surface area contributed by atoms with Crippen molar-refractivity contribution in [2.45, 2.75) is 6.61 Å². The second-order valence-corrected chi connectivity index (χ2v) is 3.66. The molecule has 2 N–H and O–H groups in total. The van der Waals surface area contributed by atoms with E-state index >= 15 is 0 Å². The maximum atomic E-state index is 5.31. The molecule has 0 saturated heterocycles. The van der Waals surface area contributed by atoms with Gasteiger partial charge >= 0.3 is 0 Å². The molecule has 0 fully saturated rings. The molecule has 4 heteroatoms. The number of halogens is 1. The molecule has 0 atom stereocenters. The van der Waals surface area contributed by atoms with Crippen LogP contribution in [-0.2, 0) is 11.3 Å². The summed E-state index contributed by atoms with van der Waals surface area (Å²) >= 11 is 3.41. The predicted octanol–water partition coefficient (Wildman–Crippen LogP) is 1.93. The molecule has 78 valence electrons. The lowest BCUT2D eigenvalue weighted by Gasteiger charge is -2.06. The molecular weight excluding hydrogens is 246 g/mol. The standard InChI is InChI=1S/C10H14BrNO2/c1-13-10-3-2-8(6-9(10)11)7-14-5-4-12/h2-3,6H,4-5,7,12H2,1H3. The summed E-state index contributed by atoms with van der Waals surface area (Å²) in [5.74, 6) is 0.826. The van der Waals surface area contributed by atoms with E-state index in [1.807, 2.05) is 18.2 Å². The van der Waals surface area contributed by atoms with Crippen LogP contribution in [0.5, 0.6) is 5.75 Å². The van der Waals surface area contributed by atoms with Gasteiger partial charge in [-0.3, -0.25) is 0 Å². The van der Waals surface area contributed by atoms with E-state index in [9.17, 15) is 0 Å². The third kappa shape index (κ3) is 3.29. The van der Waals surface area contributed by atoms with Crippen molar-refractivity contribution in [3.8, 4) is 5.75 Å². The van der Waals surface area contributed by atoms with E-state index in [2.05, 4.69) is 15.9 Å². The van der Waals surface area contributed by atoms with Gasteiger partial charge in [0.2, 0.25) is 0 Å². The molecule has 0 radical (unpaired) electrons. The van der Waals surface area contributed by atoms with Crippen LogP contribution in [-0.4, -0.2) is 20.3 Å². The van der Waals surface area contributed by atoms with Crippen molar-refractivity contribution in [1.29, 1.82) is 0 Å². The van der Waals surface area contributed by atoms with Gasteiger partial charge in [0.1, 0.15) is 5.75 Å². The summed E-state index contributed by atoms with van der Waals surface area (Å²) in [7, 11) is 1.64. The Morgan fingerprint density at radius 2 is 2.21 bits per heavy atom. The Morgan fingerprint density at radius 1 is 1.43 bits per heavy atom.